The Morgan fingerprint density at radius 3 is 2.29 bits per heavy atom. The van der Waals surface area contributed by atoms with Gasteiger partial charge in [-0.2, -0.15) is 0 Å². The highest BCUT2D eigenvalue weighted by Gasteiger charge is 2.18. The van der Waals surface area contributed by atoms with Crippen molar-refractivity contribution < 1.29 is 31.9 Å². The molecular weight excluding hydrogens is 465 g/mol. The molecule has 9 nitrogen and oxygen atoms in total. The van der Waals surface area contributed by atoms with E-state index >= 15 is 0 Å². The first-order valence-electron chi connectivity index (χ1n) is 9.90. The summed E-state index contributed by atoms with van der Waals surface area (Å²) in [7, 11) is -4.07. The van der Waals surface area contributed by atoms with Crippen molar-refractivity contribution in [3.63, 3.8) is 0 Å². The Morgan fingerprint density at radius 1 is 0.882 bits per heavy atom. The fourth-order valence-corrected chi connectivity index (χ4v) is 3.83. The van der Waals surface area contributed by atoms with Crippen LogP contribution in [-0.4, -0.2) is 32.9 Å². The SMILES string of the molecule is O=C(COC(=O)c1cccc(S(=O)(=O)Nc2ccc(F)cc2)c1)NC(=O)NCc1ccccc1. The standard InChI is InChI=1S/C23H20FN3O6S/c24-18-9-11-19(12-10-18)27-34(31,32)20-8-4-7-17(13-20)22(29)33-15-21(28)26-23(30)25-14-16-5-2-1-3-6-16/h1-13,27H,14-15H2,(H2,25,26,28,30). The van der Waals surface area contributed by atoms with Crippen LogP contribution in [0.5, 0.6) is 0 Å². The molecule has 0 heterocycles. The maximum atomic E-state index is 13.0. The number of esters is 1. The molecule has 0 spiro atoms. The van der Waals surface area contributed by atoms with Crippen LogP contribution in [-0.2, 0) is 26.1 Å². The van der Waals surface area contributed by atoms with Gasteiger partial charge in [0.15, 0.2) is 6.61 Å². The van der Waals surface area contributed by atoms with Gasteiger partial charge in [0.05, 0.1) is 10.5 Å². The molecule has 0 aromatic heterocycles. The third-order valence-electron chi connectivity index (χ3n) is 4.36. The molecule has 0 radical (unpaired) electrons. The smallest absolute Gasteiger partial charge is 0.338 e. The van der Waals surface area contributed by atoms with Crippen LogP contribution in [0.15, 0.2) is 83.8 Å². The van der Waals surface area contributed by atoms with Crippen LogP contribution in [0.4, 0.5) is 14.9 Å². The summed E-state index contributed by atoms with van der Waals surface area (Å²) in [5.41, 5.74) is 0.847. The summed E-state index contributed by atoms with van der Waals surface area (Å²) in [5.74, 6) is -2.34. The number of urea groups is 1. The Morgan fingerprint density at radius 2 is 1.59 bits per heavy atom. The first-order valence-corrected chi connectivity index (χ1v) is 11.4. The molecule has 0 saturated carbocycles. The van der Waals surface area contributed by atoms with Gasteiger partial charge in [0.2, 0.25) is 0 Å². The van der Waals surface area contributed by atoms with Crippen molar-refractivity contribution in [2.45, 2.75) is 11.4 Å². The third kappa shape index (κ3) is 7.14. The fourth-order valence-electron chi connectivity index (χ4n) is 2.72. The predicted octanol–water partition coefficient (Wildman–Crippen LogP) is 2.81. The maximum Gasteiger partial charge on any atom is 0.338 e. The van der Waals surface area contributed by atoms with E-state index in [4.69, 9.17) is 4.74 Å². The van der Waals surface area contributed by atoms with Gasteiger partial charge in [-0.15, -0.1) is 0 Å². The number of anilines is 1. The van der Waals surface area contributed by atoms with Crippen molar-refractivity contribution in [3.05, 3.63) is 95.8 Å². The average Bonchev–Trinajstić information content (AvgIpc) is 2.83. The van der Waals surface area contributed by atoms with Gasteiger partial charge in [0.25, 0.3) is 15.9 Å². The Kier molecular flexibility index (Phi) is 7.93. The quantitative estimate of drug-likeness (QED) is 0.421. The molecule has 0 saturated heterocycles. The van der Waals surface area contributed by atoms with Crippen molar-refractivity contribution in [2.24, 2.45) is 0 Å². The normalized spacial score (nSPS) is 10.7. The van der Waals surface area contributed by atoms with E-state index < -0.39 is 40.4 Å². The fraction of sp³-hybridized carbons (Fsp3) is 0.0870. The van der Waals surface area contributed by atoms with E-state index in [1.54, 1.807) is 24.3 Å². The van der Waals surface area contributed by atoms with Crippen LogP contribution >= 0.6 is 0 Å². The molecule has 0 fully saturated rings. The number of benzene rings is 3. The van der Waals surface area contributed by atoms with E-state index in [9.17, 15) is 27.2 Å². The lowest BCUT2D eigenvalue weighted by Crippen LogP contribution is -2.41. The number of carbonyl (C=O) groups excluding carboxylic acids is 3. The largest absolute Gasteiger partial charge is 0.452 e. The number of sulfonamides is 1. The van der Waals surface area contributed by atoms with Gasteiger partial charge < -0.3 is 10.1 Å². The summed E-state index contributed by atoms with van der Waals surface area (Å²) < 4.78 is 45.2. The molecule has 0 bridgehead atoms. The zero-order chi connectivity index (χ0) is 24.6. The minimum absolute atomic E-state index is 0.122. The van der Waals surface area contributed by atoms with E-state index in [0.717, 1.165) is 23.8 Å². The summed E-state index contributed by atoms with van der Waals surface area (Å²) in [4.78, 5) is 35.7. The van der Waals surface area contributed by atoms with Crippen molar-refractivity contribution >= 4 is 33.6 Å². The Hall–Kier alpha value is -4.25. The zero-order valence-electron chi connectivity index (χ0n) is 17.7. The molecule has 3 rings (SSSR count). The highest BCUT2D eigenvalue weighted by molar-refractivity contribution is 7.92. The lowest BCUT2D eigenvalue weighted by molar-refractivity contribution is -0.123. The van der Waals surface area contributed by atoms with Gasteiger partial charge in [0.1, 0.15) is 5.82 Å². The number of imide groups is 1. The first-order chi connectivity index (χ1) is 16.2. The molecule has 0 aliphatic carbocycles. The Labute approximate surface area is 195 Å². The van der Waals surface area contributed by atoms with Crippen molar-refractivity contribution in [2.75, 3.05) is 11.3 Å². The summed E-state index contributed by atoms with van der Waals surface area (Å²) in [6.07, 6.45) is 0. The monoisotopic (exact) mass is 485 g/mol. The van der Waals surface area contributed by atoms with E-state index in [1.807, 2.05) is 11.4 Å². The van der Waals surface area contributed by atoms with Crippen LogP contribution in [0.2, 0.25) is 0 Å². The maximum absolute atomic E-state index is 13.0. The molecule has 176 valence electrons. The van der Waals surface area contributed by atoms with Crippen LogP contribution in [0, 0.1) is 5.82 Å². The molecule has 0 unspecified atom stereocenters. The van der Waals surface area contributed by atoms with Crippen LogP contribution in [0.1, 0.15) is 15.9 Å². The van der Waals surface area contributed by atoms with E-state index in [1.165, 1.54) is 30.3 Å². The second-order valence-corrected chi connectivity index (χ2v) is 8.62. The molecular formula is C23H20FN3O6S. The summed E-state index contributed by atoms with van der Waals surface area (Å²) in [6, 6.07) is 17.9. The molecule has 0 atom stereocenters. The molecule has 3 N–H and O–H groups in total. The molecule has 3 aromatic rings. The minimum atomic E-state index is -4.07. The van der Waals surface area contributed by atoms with E-state index in [0.29, 0.717) is 0 Å². The summed E-state index contributed by atoms with van der Waals surface area (Å²) in [6.45, 7) is -0.546. The summed E-state index contributed by atoms with van der Waals surface area (Å²) in [5, 5.41) is 4.52. The molecule has 3 amide bonds. The van der Waals surface area contributed by atoms with E-state index in [2.05, 4.69) is 10.0 Å². The van der Waals surface area contributed by atoms with Gasteiger partial charge in [0, 0.05) is 12.2 Å². The lowest BCUT2D eigenvalue weighted by Gasteiger charge is -2.10. The number of nitrogens with one attached hydrogen (secondary N) is 3. The molecule has 34 heavy (non-hydrogen) atoms. The van der Waals surface area contributed by atoms with Crippen molar-refractivity contribution in [1.29, 1.82) is 0 Å². The molecule has 3 aromatic carbocycles. The minimum Gasteiger partial charge on any atom is -0.452 e. The average molecular weight is 485 g/mol. The second-order valence-electron chi connectivity index (χ2n) is 6.93. The Bertz CT molecular complexity index is 1280. The Balaban J connectivity index is 1.52. The van der Waals surface area contributed by atoms with Gasteiger partial charge in [-0.25, -0.2) is 22.4 Å². The van der Waals surface area contributed by atoms with Crippen molar-refractivity contribution in [1.82, 2.24) is 10.6 Å². The summed E-state index contributed by atoms with van der Waals surface area (Å²) >= 11 is 0. The van der Waals surface area contributed by atoms with Crippen LogP contribution in [0.3, 0.4) is 0 Å². The third-order valence-corrected chi connectivity index (χ3v) is 5.74. The highest BCUT2D eigenvalue weighted by Crippen LogP contribution is 2.18. The van der Waals surface area contributed by atoms with E-state index in [-0.39, 0.29) is 22.7 Å². The molecule has 0 aliphatic rings. The van der Waals surface area contributed by atoms with Gasteiger partial charge in [-0.3, -0.25) is 14.8 Å². The number of hydrogen-bond donors (Lipinski definition) is 3. The number of carbonyl (C=O) groups is 3. The van der Waals surface area contributed by atoms with Gasteiger partial charge in [-0.05, 0) is 48.0 Å². The highest BCUT2D eigenvalue weighted by atomic mass is 32.2. The molecule has 0 aliphatic heterocycles. The molecule has 11 heteroatoms. The number of amides is 3. The number of halogens is 1. The topological polar surface area (TPSA) is 131 Å². The lowest BCUT2D eigenvalue weighted by atomic mass is 10.2. The second kappa shape index (κ2) is 11.1. The number of rotatable bonds is 8. The van der Waals surface area contributed by atoms with Gasteiger partial charge >= 0.3 is 12.0 Å². The van der Waals surface area contributed by atoms with Gasteiger partial charge in [-0.1, -0.05) is 36.4 Å². The number of ether oxygens (including phenoxy) is 1. The zero-order valence-corrected chi connectivity index (χ0v) is 18.5. The first kappa shape index (κ1) is 24.4. The number of hydrogen-bond acceptors (Lipinski definition) is 6. The van der Waals surface area contributed by atoms with Crippen LogP contribution in [0.25, 0.3) is 0 Å². The predicted molar refractivity (Wildman–Crippen MR) is 121 cm³/mol. The van der Waals surface area contributed by atoms with Crippen molar-refractivity contribution in [3.8, 4) is 0 Å². The van der Waals surface area contributed by atoms with Crippen LogP contribution < -0.4 is 15.4 Å².